The molecule has 5 nitrogen and oxygen atoms in total. The van der Waals surface area contributed by atoms with Crippen molar-refractivity contribution in [3.63, 3.8) is 0 Å². The molecular weight excluding hydrogens is 331 g/mol. The van der Waals surface area contributed by atoms with E-state index in [1.54, 1.807) is 17.1 Å². The van der Waals surface area contributed by atoms with Crippen molar-refractivity contribution in [3.8, 4) is 5.75 Å². The Morgan fingerprint density at radius 1 is 1.12 bits per heavy atom. The minimum Gasteiger partial charge on any atom is -0.472 e. The number of hydrogen-bond acceptors (Lipinski definition) is 5. The summed E-state index contributed by atoms with van der Waals surface area (Å²) in [5.41, 5.74) is 1.80. The molecule has 0 N–H and O–H groups in total. The van der Waals surface area contributed by atoms with Gasteiger partial charge in [-0.1, -0.05) is 17.4 Å². The Labute approximate surface area is 150 Å². The summed E-state index contributed by atoms with van der Waals surface area (Å²) in [5.74, 6) is 0.677. The van der Waals surface area contributed by atoms with E-state index in [1.165, 1.54) is 18.9 Å². The zero-order chi connectivity index (χ0) is 17.5. The van der Waals surface area contributed by atoms with Crippen molar-refractivity contribution >= 4 is 18.1 Å². The number of benzene rings is 2. The van der Waals surface area contributed by atoms with Gasteiger partial charge in [0.15, 0.2) is 6.73 Å². The van der Waals surface area contributed by atoms with Crippen molar-refractivity contribution in [1.82, 2.24) is 9.91 Å². The molecule has 0 atom stereocenters. The molecule has 26 heavy (non-hydrogen) atoms. The number of rotatable bonds is 4. The highest BCUT2D eigenvalue weighted by Gasteiger charge is 2.29. The molecule has 1 aliphatic carbocycles. The second-order valence-electron chi connectivity index (χ2n) is 6.96. The third-order valence-corrected chi connectivity index (χ3v) is 4.92. The Bertz CT molecular complexity index is 999. The third kappa shape index (κ3) is 3.03. The van der Waals surface area contributed by atoms with Gasteiger partial charge in [0.05, 0.1) is 5.69 Å². The molecule has 3 aliphatic rings. The monoisotopic (exact) mass is 350 g/mol. The van der Waals surface area contributed by atoms with Gasteiger partial charge >= 0.3 is 0 Å². The third-order valence-electron chi connectivity index (χ3n) is 4.92. The minimum atomic E-state index is -0.211. The first-order chi connectivity index (χ1) is 12.7. The van der Waals surface area contributed by atoms with Crippen LogP contribution in [0, 0.1) is 5.82 Å². The molecule has 0 aromatic heterocycles. The van der Waals surface area contributed by atoms with E-state index in [-0.39, 0.29) is 5.82 Å². The number of hydrogen-bond donors (Lipinski definition) is 0. The van der Waals surface area contributed by atoms with E-state index in [4.69, 9.17) is 4.74 Å². The van der Waals surface area contributed by atoms with Gasteiger partial charge in [-0.2, -0.15) is 0 Å². The van der Waals surface area contributed by atoms with Crippen molar-refractivity contribution < 1.29 is 9.13 Å². The van der Waals surface area contributed by atoms with Gasteiger partial charge in [-0.05, 0) is 49.1 Å². The highest BCUT2D eigenvalue weighted by atomic mass is 19.1. The Balaban J connectivity index is 1.37. The summed E-state index contributed by atoms with van der Waals surface area (Å²) < 4.78 is 19.2. The maximum atomic E-state index is 13.3. The van der Waals surface area contributed by atoms with Crippen LogP contribution >= 0.6 is 0 Å². The number of nitrogens with zero attached hydrogens (tertiary/aromatic N) is 4. The number of fused-ring (bicyclic) bond motifs is 2. The lowest BCUT2D eigenvalue weighted by atomic mass is 10.1. The van der Waals surface area contributed by atoms with Crippen LogP contribution in [0.2, 0.25) is 0 Å². The molecule has 0 radical (unpaired) electrons. The van der Waals surface area contributed by atoms with Crippen LogP contribution in [0.1, 0.15) is 18.4 Å². The van der Waals surface area contributed by atoms with E-state index in [0.717, 1.165) is 27.4 Å². The van der Waals surface area contributed by atoms with E-state index in [2.05, 4.69) is 21.4 Å². The van der Waals surface area contributed by atoms with Gasteiger partial charge in [-0.15, -0.1) is 5.11 Å². The van der Waals surface area contributed by atoms with Crippen molar-refractivity contribution in [2.24, 2.45) is 10.3 Å². The Hall–Kier alpha value is -2.89. The normalized spacial score (nSPS) is 17.7. The Kier molecular flexibility index (Phi) is 3.62. The quantitative estimate of drug-likeness (QED) is 0.851. The van der Waals surface area contributed by atoms with Crippen LogP contribution in [0.25, 0.3) is 12.4 Å². The summed E-state index contributed by atoms with van der Waals surface area (Å²) in [4.78, 5) is 2.25. The van der Waals surface area contributed by atoms with Crippen molar-refractivity contribution in [2.45, 2.75) is 25.3 Å². The average Bonchev–Trinajstić information content (AvgIpc) is 3.49. The molecule has 0 spiro atoms. The van der Waals surface area contributed by atoms with Crippen molar-refractivity contribution in [1.29, 1.82) is 0 Å². The Morgan fingerprint density at radius 3 is 2.88 bits per heavy atom. The summed E-state index contributed by atoms with van der Waals surface area (Å²) in [6.07, 6.45) is 7.33. The maximum absolute atomic E-state index is 13.3. The second kappa shape index (κ2) is 6.12. The summed E-state index contributed by atoms with van der Waals surface area (Å²) in [5, 5.41) is 12.5. The maximum Gasteiger partial charge on any atom is 0.161 e. The van der Waals surface area contributed by atoms with Crippen LogP contribution in [0.15, 0.2) is 46.7 Å². The molecule has 0 saturated heterocycles. The van der Waals surface area contributed by atoms with Crippen LogP contribution in [-0.4, -0.2) is 29.2 Å². The van der Waals surface area contributed by atoms with Crippen molar-refractivity contribution in [2.75, 3.05) is 13.3 Å². The first kappa shape index (κ1) is 15.4. The molecule has 0 unspecified atom stereocenters. The van der Waals surface area contributed by atoms with Gasteiger partial charge in [-0.3, -0.25) is 5.01 Å². The van der Waals surface area contributed by atoms with E-state index in [1.807, 2.05) is 24.4 Å². The summed E-state index contributed by atoms with van der Waals surface area (Å²) >= 11 is 0. The van der Waals surface area contributed by atoms with Crippen molar-refractivity contribution in [3.05, 3.63) is 58.2 Å². The first-order valence-corrected chi connectivity index (χ1v) is 8.94. The molecule has 0 amide bonds. The molecule has 6 heteroatoms. The molecule has 2 aromatic carbocycles. The lowest BCUT2D eigenvalue weighted by Gasteiger charge is -2.25. The smallest absolute Gasteiger partial charge is 0.161 e. The molecule has 2 aromatic rings. The molecule has 132 valence electrons. The highest BCUT2D eigenvalue weighted by molar-refractivity contribution is 5.51. The van der Waals surface area contributed by atoms with E-state index in [0.29, 0.717) is 25.7 Å². The molecule has 0 bridgehead atoms. The molecule has 2 aliphatic heterocycles. The van der Waals surface area contributed by atoms with Crippen LogP contribution in [-0.2, 0) is 6.42 Å². The van der Waals surface area contributed by atoms with Gasteiger partial charge in [0.1, 0.15) is 11.6 Å². The molecule has 2 heterocycles. The summed E-state index contributed by atoms with van der Waals surface area (Å²) in [6, 6.07) is 11.3. The predicted molar refractivity (Wildman–Crippen MR) is 96.3 cm³/mol. The van der Waals surface area contributed by atoms with Crippen LogP contribution in [0.5, 0.6) is 5.75 Å². The first-order valence-electron chi connectivity index (χ1n) is 8.94. The topological polar surface area (TPSA) is 40.4 Å². The van der Waals surface area contributed by atoms with Crippen LogP contribution in [0.3, 0.4) is 0 Å². The van der Waals surface area contributed by atoms with Gasteiger partial charge in [-0.25, -0.2) is 4.39 Å². The zero-order valence-corrected chi connectivity index (χ0v) is 14.3. The van der Waals surface area contributed by atoms with Crippen LogP contribution in [0.4, 0.5) is 10.1 Å². The zero-order valence-electron chi connectivity index (χ0n) is 14.3. The fourth-order valence-electron chi connectivity index (χ4n) is 3.33. The average molecular weight is 350 g/mol. The largest absolute Gasteiger partial charge is 0.472 e. The fraction of sp³-hybridized carbons (Fsp3) is 0.300. The predicted octanol–water partition coefficient (Wildman–Crippen LogP) is 2.67. The van der Waals surface area contributed by atoms with E-state index in [9.17, 15) is 4.39 Å². The Morgan fingerprint density at radius 2 is 2.04 bits per heavy atom. The van der Waals surface area contributed by atoms with Gasteiger partial charge < -0.3 is 9.64 Å². The fourth-order valence-corrected chi connectivity index (χ4v) is 3.33. The second-order valence-corrected chi connectivity index (χ2v) is 6.96. The van der Waals surface area contributed by atoms with Crippen LogP contribution < -0.4 is 15.2 Å². The summed E-state index contributed by atoms with van der Waals surface area (Å²) in [7, 11) is 0. The SMILES string of the molecule is Fc1cccc(CCN2C=c3cc4c(cc3N=N2)=CN(C2CC2)CO4)c1. The summed E-state index contributed by atoms with van der Waals surface area (Å²) in [6.45, 7) is 1.26. The number of ether oxygens (including phenoxy) is 1. The molecular formula is C20H19FN4O. The molecule has 1 saturated carbocycles. The van der Waals surface area contributed by atoms with Gasteiger partial charge in [0, 0.05) is 35.4 Å². The van der Waals surface area contributed by atoms with E-state index < -0.39 is 0 Å². The van der Waals surface area contributed by atoms with Gasteiger partial charge in [0.2, 0.25) is 0 Å². The lowest BCUT2D eigenvalue weighted by Crippen LogP contribution is -2.34. The van der Waals surface area contributed by atoms with E-state index >= 15 is 0 Å². The van der Waals surface area contributed by atoms with Gasteiger partial charge in [0.25, 0.3) is 0 Å². The number of halogens is 1. The lowest BCUT2D eigenvalue weighted by molar-refractivity contribution is 0.170. The highest BCUT2D eigenvalue weighted by Crippen LogP contribution is 2.28. The standard InChI is InChI=1S/C20H19FN4O/c21-17-3-1-2-14(8-17)6-7-25-12-15-10-20-16(9-19(15)22-23-25)11-24(13-26-20)18-4-5-18/h1-3,8-12,18H,4-7,13H2. The molecule has 1 fully saturated rings. The minimum absolute atomic E-state index is 0.211. The molecule has 5 rings (SSSR count).